The lowest BCUT2D eigenvalue weighted by atomic mass is 10.0. The molecule has 0 saturated carbocycles. The second-order valence-electron chi connectivity index (χ2n) is 6.53. The molecule has 21 heavy (non-hydrogen) atoms. The van der Waals surface area contributed by atoms with Crippen molar-refractivity contribution in [2.24, 2.45) is 0 Å². The summed E-state index contributed by atoms with van der Waals surface area (Å²) in [4.78, 5) is 0. The molecule has 0 fully saturated rings. The molecule has 1 aromatic carbocycles. The highest BCUT2D eigenvalue weighted by Gasteiger charge is 2.07. The second kappa shape index (κ2) is 9.47. The van der Waals surface area contributed by atoms with E-state index in [-0.39, 0.29) is 5.54 Å². The minimum atomic E-state index is 0.239. The summed E-state index contributed by atoms with van der Waals surface area (Å²) in [7, 11) is 0. The fourth-order valence-corrected chi connectivity index (χ4v) is 2.71. The predicted molar refractivity (Wildman–Crippen MR) is 95.2 cm³/mol. The van der Waals surface area contributed by atoms with Gasteiger partial charge in [0.05, 0.1) is 6.61 Å². The zero-order chi connectivity index (χ0) is 15.7. The molecule has 120 valence electrons. The van der Waals surface area contributed by atoms with Gasteiger partial charge >= 0.3 is 0 Å². The first-order valence-electron chi connectivity index (χ1n) is 8.08. The van der Waals surface area contributed by atoms with Crippen LogP contribution in [0, 0.1) is 0 Å². The van der Waals surface area contributed by atoms with E-state index in [1.807, 2.05) is 13.0 Å². The smallest absolute Gasteiger partial charge is 0.122 e. The molecule has 0 spiro atoms. The van der Waals surface area contributed by atoms with Gasteiger partial charge in [-0.2, -0.15) is 0 Å². The van der Waals surface area contributed by atoms with Gasteiger partial charge in [0.1, 0.15) is 5.75 Å². The van der Waals surface area contributed by atoms with Crippen LogP contribution in [-0.4, -0.2) is 18.7 Å². The Balaban J connectivity index is 2.25. The number of benzene rings is 1. The lowest BCUT2D eigenvalue weighted by Gasteiger charge is -2.20. The fourth-order valence-electron chi connectivity index (χ4n) is 2.30. The van der Waals surface area contributed by atoms with Crippen molar-refractivity contribution >= 4 is 15.9 Å². The molecular weight excluding hydrogens is 326 g/mol. The number of nitrogens with one attached hydrogen (secondary N) is 1. The maximum atomic E-state index is 5.69. The quantitative estimate of drug-likeness (QED) is 0.603. The van der Waals surface area contributed by atoms with Gasteiger partial charge in [-0.15, -0.1) is 0 Å². The van der Waals surface area contributed by atoms with Crippen LogP contribution >= 0.6 is 15.9 Å². The molecule has 1 aromatic rings. The molecule has 0 amide bonds. The Labute approximate surface area is 138 Å². The third-order valence-electron chi connectivity index (χ3n) is 3.35. The van der Waals surface area contributed by atoms with Crippen molar-refractivity contribution in [3.8, 4) is 5.75 Å². The van der Waals surface area contributed by atoms with Gasteiger partial charge < -0.3 is 10.1 Å². The number of hydrogen-bond donors (Lipinski definition) is 1. The molecule has 2 nitrogen and oxygen atoms in total. The van der Waals surface area contributed by atoms with E-state index in [0.717, 1.165) is 29.8 Å². The zero-order valence-corrected chi connectivity index (χ0v) is 15.6. The van der Waals surface area contributed by atoms with Crippen molar-refractivity contribution in [1.29, 1.82) is 0 Å². The Morgan fingerprint density at radius 3 is 2.48 bits per heavy atom. The molecule has 0 bridgehead atoms. The van der Waals surface area contributed by atoms with Gasteiger partial charge in [0.15, 0.2) is 0 Å². The van der Waals surface area contributed by atoms with Crippen LogP contribution in [0.2, 0.25) is 0 Å². The summed E-state index contributed by atoms with van der Waals surface area (Å²) in [6, 6.07) is 6.30. The molecule has 0 atom stereocenters. The highest BCUT2D eigenvalue weighted by Crippen LogP contribution is 2.25. The van der Waals surface area contributed by atoms with Crippen molar-refractivity contribution in [1.82, 2.24) is 5.32 Å². The predicted octanol–water partition coefficient (Wildman–Crippen LogP) is 5.34. The molecule has 0 saturated heterocycles. The van der Waals surface area contributed by atoms with Crippen LogP contribution in [0.3, 0.4) is 0 Å². The van der Waals surface area contributed by atoms with Crippen LogP contribution in [0.25, 0.3) is 0 Å². The van der Waals surface area contributed by atoms with Crippen molar-refractivity contribution in [2.45, 2.75) is 65.3 Å². The molecule has 0 aliphatic carbocycles. The first kappa shape index (κ1) is 18.5. The highest BCUT2D eigenvalue weighted by molar-refractivity contribution is 9.10. The van der Waals surface area contributed by atoms with Gasteiger partial charge in [-0.1, -0.05) is 28.8 Å². The van der Waals surface area contributed by atoms with Gasteiger partial charge in [-0.05, 0) is 77.3 Å². The van der Waals surface area contributed by atoms with Crippen molar-refractivity contribution < 1.29 is 4.74 Å². The molecule has 0 aliphatic heterocycles. The van der Waals surface area contributed by atoms with Gasteiger partial charge in [0.25, 0.3) is 0 Å². The van der Waals surface area contributed by atoms with E-state index in [2.05, 4.69) is 54.2 Å². The lowest BCUT2D eigenvalue weighted by Crippen LogP contribution is -2.36. The maximum Gasteiger partial charge on any atom is 0.122 e. The average molecular weight is 356 g/mol. The van der Waals surface area contributed by atoms with Crippen molar-refractivity contribution in [2.75, 3.05) is 13.2 Å². The summed E-state index contributed by atoms with van der Waals surface area (Å²) >= 11 is 3.55. The standard InChI is InChI=1S/C18H30BrNO/c1-5-21-17-12-11-16(19)14-15(17)10-8-6-7-9-13-20-18(2,3)4/h11-12,14,20H,5-10,13H2,1-4H3. The van der Waals surface area contributed by atoms with E-state index in [1.165, 1.54) is 31.2 Å². The Kier molecular flexibility index (Phi) is 8.35. The van der Waals surface area contributed by atoms with Gasteiger partial charge in [-0.25, -0.2) is 0 Å². The summed E-state index contributed by atoms with van der Waals surface area (Å²) in [6.45, 7) is 10.5. The third-order valence-corrected chi connectivity index (χ3v) is 3.84. The summed E-state index contributed by atoms with van der Waals surface area (Å²) in [5, 5.41) is 3.54. The fraction of sp³-hybridized carbons (Fsp3) is 0.667. The van der Waals surface area contributed by atoms with Crippen LogP contribution in [0.5, 0.6) is 5.75 Å². The van der Waals surface area contributed by atoms with E-state index < -0.39 is 0 Å². The maximum absolute atomic E-state index is 5.69. The van der Waals surface area contributed by atoms with E-state index >= 15 is 0 Å². The molecule has 0 aliphatic rings. The van der Waals surface area contributed by atoms with E-state index in [9.17, 15) is 0 Å². The largest absolute Gasteiger partial charge is 0.494 e. The topological polar surface area (TPSA) is 21.3 Å². The molecular formula is C18H30BrNO. The minimum Gasteiger partial charge on any atom is -0.494 e. The third kappa shape index (κ3) is 8.47. The molecule has 0 unspecified atom stereocenters. The summed E-state index contributed by atoms with van der Waals surface area (Å²) in [5.41, 5.74) is 1.56. The molecule has 1 rings (SSSR count). The molecule has 0 radical (unpaired) electrons. The number of aryl methyl sites for hydroxylation is 1. The summed E-state index contributed by atoms with van der Waals surface area (Å²) in [6.07, 6.45) is 6.16. The number of hydrogen-bond acceptors (Lipinski definition) is 2. The molecule has 1 N–H and O–H groups in total. The zero-order valence-electron chi connectivity index (χ0n) is 14.0. The highest BCUT2D eigenvalue weighted by atomic mass is 79.9. The van der Waals surface area contributed by atoms with Crippen molar-refractivity contribution in [3.63, 3.8) is 0 Å². The van der Waals surface area contributed by atoms with Crippen LogP contribution in [0.4, 0.5) is 0 Å². The SMILES string of the molecule is CCOc1ccc(Br)cc1CCCCCCNC(C)(C)C. The number of unbranched alkanes of at least 4 members (excludes halogenated alkanes) is 3. The van der Waals surface area contributed by atoms with Crippen LogP contribution in [0.15, 0.2) is 22.7 Å². The normalized spacial score (nSPS) is 11.7. The average Bonchev–Trinajstić information content (AvgIpc) is 2.39. The van der Waals surface area contributed by atoms with Gasteiger partial charge in [0.2, 0.25) is 0 Å². The number of rotatable bonds is 9. The molecule has 0 heterocycles. The molecule has 0 aromatic heterocycles. The minimum absolute atomic E-state index is 0.239. The number of halogens is 1. The number of ether oxygens (including phenoxy) is 1. The van der Waals surface area contributed by atoms with Crippen LogP contribution in [-0.2, 0) is 6.42 Å². The summed E-state index contributed by atoms with van der Waals surface area (Å²) < 4.78 is 6.83. The summed E-state index contributed by atoms with van der Waals surface area (Å²) in [5.74, 6) is 1.04. The Morgan fingerprint density at radius 1 is 1.10 bits per heavy atom. The monoisotopic (exact) mass is 355 g/mol. The first-order valence-corrected chi connectivity index (χ1v) is 8.88. The van der Waals surface area contributed by atoms with E-state index in [1.54, 1.807) is 0 Å². The molecule has 3 heteroatoms. The van der Waals surface area contributed by atoms with E-state index in [4.69, 9.17) is 4.74 Å². The van der Waals surface area contributed by atoms with Crippen LogP contribution in [0.1, 0.15) is 58.9 Å². The Bertz CT molecular complexity index is 412. The van der Waals surface area contributed by atoms with Crippen molar-refractivity contribution in [3.05, 3.63) is 28.2 Å². The Morgan fingerprint density at radius 2 is 1.81 bits per heavy atom. The van der Waals surface area contributed by atoms with Crippen LogP contribution < -0.4 is 10.1 Å². The van der Waals surface area contributed by atoms with Gasteiger partial charge in [0, 0.05) is 10.0 Å². The second-order valence-corrected chi connectivity index (χ2v) is 7.44. The first-order chi connectivity index (χ1) is 9.92. The Hall–Kier alpha value is -0.540. The lowest BCUT2D eigenvalue weighted by molar-refractivity contribution is 0.336. The van der Waals surface area contributed by atoms with Gasteiger partial charge in [-0.3, -0.25) is 0 Å². The van der Waals surface area contributed by atoms with E-state index in [0.29, 0.717) is 0 Å².